The predicted octanol–water partition coefficient (Wildman–Crippen LogP) is 3.12. The summed E-state index contributed by atoms with van der Waals surface area (Å²) in [5, 5.41) is 8.08. The van der Waals surface area contributed by atoms with Crippen LogP contribution < -0.4 is 5.73 Å². The van der Waals surface area contributed by atoms with Crippen LogP contribution in [-0.4, -0.2) is 23.8 Å². The minimum Gasteiger partial charge on any atom is -0.388 e. The van der Waals surface area contributed by atoms with Crippen LogP contribution in [0.4, 0.5) is 0 Å². The Labute approximate surface area is 114 Å². The number of amidine groups is 1. The van der Waals surface area contributed by atoms with Crippen molar-refractivity contribution < 1.29 is 0 Å². The second-order valence-electron chi connectivity index (χ2n) is 5.03. The van der Waals surface area contributed by atoms with Gasteiger partial charge in [-0.25, -0.2) is 0 Å². The zero-order chi connectivity index (χ0) is 13.5. The molecule has 4 heteroatoms. The number of hydrogen-bond donors (Lipinski definition) is 2. The van der Waals surface area contributed by atoms with Gasteiger partial charge in [-0.05, 0) is 23.6 Å². The fourth-order valence-corrected chi connectivity index (χ4v) is 2.14. The van der Waals surface area contributed by atoms with E-state index in [0.29, 0.717) is 12.3 Å². The summed E-state index contributed by atoms with van der Waals surface area (Å²) < 4.78 is 0. The van der Waals surface area contributed by atoms with Gasteiger partial charge in [-0.2, -0.15) is 0 Å². The van der Waals surface area contributed by atoms with Crippen molar-refractivity contribution in [2.45, 2.75) is 26.8 Å². The van der Waals surface area contributed by atoms with Crippen molar-refractivity contribution in [3.8, 4) is 0 Å². The van der Waals surface area contributed by atoms with Gasteiger partial charge >= 0.3 is 0 Å². The van der Waals surface area contributed by atoms with Crippen molar-refractivity contribution in [3.63, 3.8) is 0 Å². The third-order valence-electron chi connectivity index (χ3n) is 2.62. The Morgan fingerprint density at radius 1 is 1.44 bits per heavy atom. The molecule has 0 aliphatic heterocycles. The summed E-state index contributed by atoms with van der Waals surface area (Å²) in [7, 11) is 0. The average molecular weight is 268 g/mol. The summed E-state index contributed by atoms with van der Waals surface area (Å²) in [5.41, 5.74) is 6.63. The molecule has 0 bridgehead atoms. The molecule has 0 saturated carbocycles. The lowest BCUT2D eigenvalue weighted by molar-refractivity contribution is 0.242. The molecule has 0 aliphatic rings. The SMILES string of the molecule is CC(C)CN(CCC(=N)N)Cc1cccc(Cl)c1. The molecule has 0 unspecified atom stereocenters. The molecule has 0 fully saturated rings. The number of halogens is 1. The first-order valence-electron chi connectivity index (χ1n) is 6.27. The molecule has 0 spiro atoms. The van der Waals surface area contributed by atoms with Gasteiger partial charge in [-0.1, -0.05) is 37.6 Å². The minimum absolute atomic E-state index is 0.245. The maximum Gasteiger partial charge on any atom is 0.0918 e. The normalized spacial score (nSPS) is 11.2. The van der Waals surface area contributed by atoms with Gasteiger partial charge in [-0.3, -0.25) is 10.3 Å². The highest BCUT2D eigenvalue weighted by Gasteiger charge is 2.09. The molecule has 0 radical (unpaired) electrons. The predicted molar refractivity (Wildman–Crippen MR) is 78.1 cm³/mol. The Hall–Kier alpha value is -1.06. The molecule has 18 heavy (non-hydrogen) atoms. The van der Waals surface area contributed by atoms with Crippen LogP contribution >= 0.6 is 11.6 Å². The highest BCUT2D eigenvalue weighted by molar-refractivity contribution is 6.30. The number of nitrogens with zero attached hydrogens (tertiary/aromatic N) is 1. The number of rotatable bonds is 7. The molecule has 3 N–H and O–H groups in total. The van der Waals surface area contributed by atoms with Crippen LogP contribution in [0.5, 0.6) is 0 Å². The highest BCUT2D eigenvalue weighted by atomic mass is 35.5. The number of hydrogen-bond acceptors (Lipinski definition) is 2. The Morgan fingerprint density at radius 3 is 2.72 bits per heavy atom. The summed E-state index contributed by atoms with van der Waals surface area (Å²) in [6, 6.07) is 7.92. The zero-order valence-electron chi connectivity index (χ0n) is 11.1. The molecule has 1 aromatic rings. The molecule has 0 heterocycles. The first kappa shape index (κ1) is 15.0. The lowest BCUT2D eigenvalue weighted by atomic mass is 10.1. The van der Waals surface area contributed by atoms with Crippen molar-refractivity contribution in [1.29, 1.82) is 5.41 Å². The van der Waals surface area contributed by atoms with Gasteiger partial charge in [0.05, 0.1) is 5.84 Å². The van der Waals surface area contributed by atoms with Crippen LogP contribution in [0.15, 0.2) is 24.3 Å². The first-order chi connectivity index (χ1) is 8.47. The highest BCUT2D eigenvalue weighted by Crippen LogP contribution is 2.13. The van der Waals surface area contributed by atoms with Crippen LogP contribution in [-0.2, 0) is 6.54 Å². The van der Waals surface area contributed by atoms with Crippen molar-refractivity contribution in [1.82, 2.24) is 4.90 Å². The third-order valence-corrected chi connectivity index (χ3v) is 2.85. The lowest BCUT2D eigenvalue weighted by Gasteiger charge is -2.24. The molecule has 3 nitrogen and oxygen atoms in total. The van der Waals surface area contributed by atoms with Gasteiger partial charge < -0.3 is 5.73 Å². The molecular formula is C14H22ClN3. The maximum atomic E-state index is 7.31. The second-order valence-corrected chi connectivity index (χ2v) is 5.47. The van der Waals surface area contributed by atoms with Crippen molar-refractivity contribution >= 4 is 17.4 Å². The topological polar surface area (TPSA) is 53.1 Å². The molecule has 1 aromatic carbocycles. The number of benzene rings is 1. The minimum atomic E-state index is 0.245. The van der Waals surface area contributed by atoms with Crippen molar-refractivity contribution in [2.75, 3.05) is 13.1 Å². The van der Waals surface area contributed by atoms with E-state index in [2.05, 4.69) is 24.8 Å². The van der Waals surface area contributed by atoms with Gasteiger partial charge in [0.25, 0.3) is 0 Å². The molecule has 0 atom stereocenters. The number of nitrogens with two attached hydrogens (primary N) is 1. The van der Waals surface area contributed by atoms with E-state index < -0.39 is 0 Å². The maximum absolute atomic E-state index is 7.31. The summed E-state index contributed by atoms with van der Waals surface area (Å²) >= 11 is 5.99. The Bertz CT molecular complexity index is 390. The first-order valence-corrected chi connectivity index (χ1v) is 6.65. The molecule has 0 amide bonds. The van der Waals surface area contributed by atoms with E-state index in [1.54, 1.807) is 0 Å². The summed E-state index contributed by atoms with van der Waals surface area (Å²) in [4.78, 5) is 2.32. The van der Waals surface area contributed by atoms with Gasteiger partial charge in [0, 0.05) is 31.1 Å². The van der Waals surface area contributed by atoms with Crippen molar-refractivity contribution in [3.05, 3.63) is 34.9 Å². The van der Waals surface area contributed by atoms with E-state index >= 15 is 0 Å². The monoisotopic (exact) mass is 267 g/mol. The lowest BCUT2D eigenvalue weighted by Crippen LogP contribution is -2.30. The molecule has 100 valence electrons. The van der Waals surface area contributed by atoms with Crippen LogP contribution in [0, 0.1) is 11.3 Å². The molecule has 1 rings (SSSR count). The number of nitrogens with one attached hydrogen (secondary N) is 1. The Morgan fingerprint density at radius 2 is 2.17 bits per heavy atom. The second kappa shape index (κ2) is 7.39. The van der Waals surface area contributed by atoms with Crippen LogP contribution in [0.2, 0.25) is 5.02 Å². The largest absolute Gasteiger partial charge is 0.388 e. The third kappa shape index (κ3) is 6.03. The quantitative estimate of drug-likeness (QED) is 0.589. The van der Waals surface area contributed by atoms with Gasteiger partial charge in [-0.15, -0.1) is 0 Å². The summed E-state index contributed by atoms with van der Waals surface area (Å²) in [6.07, 6.45) is 0.618. The zero-order valence-corrected chi connectivity index (χ0v) is 11.9. The average Bonchev–Trinajstić information content (AvgIpc) is 2.25. The Balaban J connectivity index is 2.62. The van der Waals surface area contributed by atoms with Gasteiger partial charge in [0.1, 0.15) is 0 Å². The van der Waals surface area contributed by atoms with E-state index in [9.17, 15) is 0 Å². The van der Waals surface area contributed by atoms with E-state index in [1.165, 1.54) is 5.56 Å². The molecule has 0 saturated heterocycles. The molecule has 0 aromatic heterocycles. The Kier molecular flexibility index (Phi) is 6.16. The van der Waals surface area contributed by atoms with Crippen LogP contribution in [0.25, 0.3) is 0 Å². The smallest absolute Gasteiger partial charge is 0.0918 e. The van der Waals surface area contributed by atoms with Crippen LogP contribution in [0.1, 0.15) is 25.8 Å². The molecule has 0 aliphatic carbocycles. The van der Waals surface area contributed by atoms with E-state index in [1.807, 2.05) is 18.2 Å². The van der Waals surface area contributed by atoms with E-state index in [0.717, 1.165) is 24.7 Å². The fraction of sp³-hybridized carbons (Fsp3) is 0.500. The van der Waals surface area contributed by atoms with Gasteiger partial charge in [0.15, 0.2) is 0 Å². The van der Waals surface area contributed by atoms with E-state index in [4.69, 9.17) is 22.7 Å². The van der Waals surface area contributed by atoms with Crippen LogP contribution in [0.3, 0.4) is 0 Å². The molecular weight excluding hydrogens is 246 g/mol. The summed E-state index contributed by atoms with van der Waals surface area (Å²) in [6.45, 7) is 7.06. The fourth-order valence-electron chi connectivity index (χ4n) is 1.92. The summed E-state index contributed by atoms with van der Waals surface area (Å²) in [5.74, 6) is 0.839. The van der Waals surface area contributed by atoms with E-state index in [-0.39, 0.29) is 5.84 Å². The van der Waals surface area contributed by atoms with Gasteiger partial charge in [0.2, 0.25) is 0 Å². The van der Waals surface area contributed by atoms with Crippen molar-refractivity contribution in [2.24, 2.45) is 11.7 Å². The standard InChI is InChI=1S/C14H22ClN3/c1-11(2)9-18(7-6-14(16)17)10-12-4-3-5-13(15)8-12/h3-5,8,11H,6-7,9-10H2,1-2H3,(H3,16,17).